The van der Waals surface area contributed by atoms with Crippen molar-refractivity contribution in [3.05, 3.63) is 158 Å². The zero-order valence-corrected chi connectivity index (χ0v) is 25.3. The van der Waals surface area contributed by atoms with Gasteiger partial charge >= 0.3 is 0 Å². The van der Waals surface area contributed by atoms with Crippen molar-refractivity contribution in [2.75, 3.05) is 0 Å². The average molecular weight is 598 g/mol. The molecule has 1 heterocycles. The van der Waals surface area contributed by atoms with Gasteiger partial charge in [-0.3, -0.25) is 0 Å². The van der Waals surface area contributed by atoms with E-state index in [0.717, 1.165) is 32.9 Å². The summed E-state index contributed by atoms with van der Waals surface area (Å²) in [7, 11) is 0. The van der Waals surface area contributed by atoms with Gasteiger partial charge in [0.05, 0.1) is 0 Å². The van der Waals surface area contributed by atoms with E-state index in [2.05, 4.69) is 158 Å². The molecule has 0 spiro atoms. The Morgan fingerprint density at radius 3 is 1.45 bits per heavy atom. The number of fused-ring (bicyclic) bond motifs is 7. The minimum atomic E-state index is 0. The van der Waals surface area contributed by atoms with Crippen molar-refractivity contribution in [2.24, 2.45) is 0 Å². The number of benzene rings is 8. The molecule has 1 aromatic heterocycles. The molecule has 0 aliphatic carbocycles. The molecule has 9 rings (SSSR count). The zero-order valence-electron chi connectivity index (χ0n) is 23.9. The van der Waals surface area contributed by atoms with Crippen LogP contribution in [0.15, 0.2) is 162 Å². The molecule has 1 nitrogen and oxygen atoms in total. The third-order valence-corrected chi connectivity index (χ3v) is 8.86. The van der Waals surface area contributed by atoms with Crippen molar-refractivity contribution in [3.8, 4) is 33.4 Å². The smallest absolute Gasteiger partial charge is 0.143 e. The molecule has 0 amide bonds. The third kappa shape index (κ3) is 4.09. The summed E-state index contributed by atoms with van der Waals surface area (Å²) in [5.74, 6) is 0. The Labute approximate surface area is 267 Å². The summed E-state index contributed by atoms with van der Waals surface area (Å²) in [6, 6.07) is 56.7. The second kappa shape index (κ2) is 10.6. The first-order chi connectivity index (χ1) is 21.3. The van der Waals surface area contributed by atoms with Crippen molar-refractivity contribution in [3.63, 3.8) is 0 Å². The van der Waals surface area contributed by atoms with Crippen molar-refractivity contribution in [2.45, 2.75) is 0 Å². The van der Waals surface area contributed by atoms with Gasteiger partial charge in [0.25, 0.3) is 0 Å². The van der Waals surface area contributed by atoms with Gasteiger partial charge in [0.2, 0.25) is 0 Å². The molecule has 8 aromatic carbocycles. The molecule has 2 heteroatoms. The molecule has 0 saturated carbocycles. The summed E-state index contributed by atoms with van der Waals surface area (Å²) in [6.07, 6.45) is 0. The molecule has 0 saturated heterocycles. The number of hydrogen-bond donors (Lipinski definition) is 0. The van der Waals surface area contributed by atoms with Crippen molar-refractivity contribution in [1.82, 2.24) is 0 Å². The van der Waals surface area contributed by atoms with Crippen LogP contribution in [0, 0.1) is 0 Å². The van der Waals surface area contributed by atoms with E-state index in [-0.39, 0.29) is 18.6 Å². The van der Waals surface area contributed by atoms with E-state index in [1.165, 1.54) is 54.7 Å². The summed E-state index contributed by atoms with van der Waals surface area (Å²) in [5.41, 5.74) is 9.21. The monoisotopic (exact) mass is 597 g/mol. The Balaban J connectivity index is 0.00000289. The molecular weight excluding hydrogens is 571 g/mol. The standard InChI is InChI=1S/C42H26O.V/c1-2-10-27(11-3-1)28-18-20-30(21-19-28)40-34-14-6-8-16-36(34)41(37-17-9-7-15-35(37)40)31-23-24-33-38-25-22-29-12-4-5-13-32(29)42(38)43-39(33)26-31;/h1-26H;. The Kier molecular flexibility index (Phi) is 6.38. The van der Waals surface area contributed by atoms with Crippen LogP contribution in [-0.2, 0) is 18.6 Å². The van der Waals surface area contributed by atoms with Gasteiger partial charge in [-0.15, -0.1) is 0 Å². The maximum Gasteiger partial charge on any atom is 0.143 e. The maximum atomic E-state index is 6.59. The second-order valence-corrected chi connectivity index (χ2v) is 11.3. The maximum absolute atomic E-state index is 6.59. The van der Waals surface area contributed by atoms with Gasteiger partial charge in [-0.1, -0.05) is 140 Å². The molecule has 0 bridgehead atoms. The molecular formula is C42H26OV. The predicted molar refractivity (Wildman–Crippen MR) is 183 cm³/mol. The quantitative estimate of drug-likeness (QED) is 0.185. The topological polar surface area (TPSA) is 13.1 Å². The molecule has 205 valence electrons. The summed E-state index contributed by atoms with van der Waals surface area (Å²) in [5, 5.41) is 9.62. The minimum absolute atomic E-state index is 0. The van der Waals surface area contributed by atoms with Gasteiger partial charge in [-0.2, -0.15) is 0 Å². The first kappa shape index (κ1) is 26.5. The van der Waals surface area contributed by atoms with Crippen LogP contribution in [0.25, 0.3) is 87.6 Å². The fourth-order valence-electron chi connectivity index (χ4n) is 6.87. The first-order valence-electron chi connectivity index (χ1n) is 14.8. The van der Waals surface area contributed by atoms with Crippen LogP contribution in [-0.4, -0.2) is 0 Å². The number of rotatable bonds is 3. The van der Waals surface area contributed by atoms with E-state index >= 15 is 0 Å². The Morgan fingerprint density at radius 2 is 0.795 bits per heavy atom. The summed E-state index contributed by atoms with van der Waals surface area (Å²) < 4.78 is 6.59. The van der Waals surface area contributed by atoms with E-state index < -0.39 is 0 Å². The summed E-state index contributed by atoms with van der Waals surface area (Å²) >= 11 is 0. The molecule has 0 aliphatic rings. The van der Waals surface area contributed by atoms with E-state index in [1.807, 2.05) is 0 Å². The fraction of sp³-hybridized carbons (Fsp3) is 0. The van der Waals surface area contributed by atoms with Gasteiger partial charge in [-0.05, 0) is 78.5 Å². The molecule has 1 radical (unpaired) electrons. The average Bonchev–Trinajstić information content (AvgIpc) is 3.46. The fourth-order valence-corrected chi connectivity index (χ4v) is 6.87. The Bertz CT molecular complexity index is 2430. The third-order valence-electron chi connectivity index (χ3n) is 8.86. The number of furan rings is 1. The van der Waals surface area contributed by atoms with Gasteiger partial charge in [0.1, 0.15) is 11.2 Å². The van der Waals surface area contributed by atoms with E-state index in [0.29, 0.717) is 0 Å². The molecule has 44 heavy (non-hydrogen) atoms. The molecule has 0 unspecified atom stereocenters. The predicted octanol–water partition coefficient (Wildman–Crippen LogP) is 12.0. The van der Waals surface area contributed by atoms with E-state index in [4.69, 9.17) is 4.42 Å². The minimum Gasteiger partial charge on any atom is -0.455 e. The van der Waals surface area contributed by atoms with Crippen molar-refractivity contribution >= 4 is 54.3 Å². The second-order valence-electron chi connectivity index (χ2n) is 11.3. The summed E-state index contributed by atoms with van der Waals surface area (Å²) in [6.45, 7) is 0. The molecule has 0 N–H and O–H groups in total. The molecule has 0 atom stereocenters. The van der Waals surface area contributed by atoms with Gasteiger partial charge in [0, 0.05) is 34.7 Å². The number of hydrogen-bond acceptors (Lipinski definition) is 1. The van der Waals surface area contributed by atoms with Crippen LogP contribution in [0.5, 0.6) is 0 Å². The zero-order chi connectivity index (χ0) is 28.3. The summed E-state index contributed by atoms with van der Waals surface area (Å²) in [4.78, 5) is 0. The van der Waals surface area contributed by atoms with Crippen LogP contribution >= 0.6 is 0 Å². The van der Waals surface area contributed by atoms with Crippen molar-refractivity contribution < 1.29 is 23.0 Å². The van der Waals surface area contributed by atoms with Crippen LogP contribution < -0.4 is 0 Å². The molecule has 0 aliphatic heterocycles. The van der Waals surface area contributed by atoms with Crippen LogP contribution in [0.2, 0.25) is 0 Å². The Hall–Kier alpha value is -5.08. The van der Waals surface area contributed by atoms with Gasteiger partial charge in [-0.25, -0.2) is 0 Å². The van der Waals surface area contributed by atoms with E-state index in [9.17, 15) is 0 Å². The molecule has 0 fully saturated rings. The van der Waals surface area contributed by atoms with E-state index in [1.54, 1.807) is 0 Å². The van der Waals surface area contributed by atoms with Crippen LogP contribution in [0.3, 0.4) is 0 Å². The largest absolute Gasteiger partial charge is 0.455 e. The first-order valence-corrected chi connectivity index (χ1v) is 14.8. The SMILES string of the molecule is [V].c1ccc(-c2ccc(-c3c4ccccc4c(-c4ccc5c(c4)oc4c6ccccc6ccc54)c4ccccc34)cc2)cc1. The van der Waals surface area contributed by atoms with Gasteiger partial charge < -0.3 is 4.42 Å². The Morgan fingerprint density at radius 1 is 0.318 bits per heavy atom. The van der Waals surface area contributed by atoms with Gasteiger partial charge in [0.15, 0.2) is 0 Å². The van der Waals surface area contributed by atoms with Crippen molar-refractivity contribution in [1.29, 1.82) is 0 Å². The van der Waals surface area contributed by atoms with Crippen LogP contribution in [0.1, 0.15) is 0 Å². The molecule has 9 aromatic rings. The normalized spacial score (nSPS) is 11.5. The van der Waals surface area contributed by atoms with Crippen LogP contribution in [0.4, 0.5) is 0 Å².